The minimum atomic E-state index is 0.948. The number of rotatable bonds is 6. The molecule has 0 amide bonds. The molecule has 0 atom stereocenters. The minimum Gasteiger partial charge on any atom is -0.469 e. The zero-order valence-electron chi connectivity index (χ0n) is 9.23. The van der Waals surface area contributed by atoms with E-state index in [1.165, 1.54) is 5.56 Å². The summed E-state index contributed by atoms with van der Waals surface area (Å²) in [4.78, 5) is 3.99. The van der Waals surface area contributed by atoms with E-state index in [0.29, 0.717) is 0 Å². The number of nitrogens with zero attached hydrogens (tertiary/aromatic N) is 1. The Bertz CT molecular complexity index is 384. The van der Waals surface area contributed by atoms with Crippen LogP contribution in [0.3, 0.4) is 0 Å². The third kappa shape index (κ3) is 3.51. The first-order chi connectivity index (χ1) is 7.95. The maximum absolute atomic E-state index is 5.25. The fourth-order valence-corrected chi connectivity index (χ4v) is 1.57. The van der Waals surface area contributed by atoms with Crippen LogP contribution in [0.5, 0.6) is 0 Å². The van der Waals surface area contributed by atoms with Gasteiger partial charge in [-0.25, -0.2) is 0 Å². The highest BCUT2D eigenvalue weighted by atomic mass is 16.3. The molecule has 0 radical (unpaired) electrons. The predicted octanol–water partition coefficient (Wildman–Crippen LogP) is 2.05. The van der Waals surface area contributed by atoms with Crippen molar-refractivity contribution in [2.75, 3.05) is 13.1 Å². The third-order valence-corrected chi connectivity index (χ3v) is 2.47. The van der Waals surface area contributed by atoms with Crippen molar-refractivity contribution in [1.29, 1.82) is 0 Å². The molecule has 1 N–H and O–H groups in total. The Balaban J connectivity index is 1.59. The summed E-state index contributed by atoms with van der Waals surface area (Å²) in [5.41, 5.74) is 1.32. The van der Waals surface area contributed by atoms with Gasteiger partial charge in [0.25, 0.3) is 0 Å². The van der Waals surface area contributed by atoms with E-state index in [2.05, 4.69) is 10.3 Å². The molecule has 0 spiro atoms. The van der Waals surface area contributed by atoms with Gasteiger partial charge in [0.15, 0.2) is 0 Å². The first-order valence-corrected chi connectivity index (χ1v) is 5.57. The Morgan fingerprint density at radius 1 is 1.06 bits per heavy atom. The van der Waals surface area contributed by atoms with Crippen molar-refractivity contribution in [2.24, 2.45) is 0 Å². The van der Waals surface area contributed by atoms with E-state index in [9.17, 15) is 0 Å². The lowest BCUT2D eigenvalue weighted by Gasteiger charge is -2.03. The van der Waals surface area contributed by atoms with Crippen molar-refractivity contribution >= 4 is 0 Å². The van der Waals surface area contributed by atoms with Crippen LogP contribution < -0.4 is 5.32 Å². The van der Waals surface area contributed by atoms with Gasteiger partial charge in [0, 0.05) is 25.4 Å². The first kappa shape index (κ1) is 10.9. The zero-order valence-corrected chi connectivity index (χ0v) is 9.23. The highest BCUT2D eigenvalue weighted by molar-refractivity contribution is 5.09. The van der Waals surface area contributed by atoms with Gasteiger partial charge in [-0.1, -0.05) is 0 Å². The minimum absolute atomic E-state index is 0.948. The number of furan rings is 1. The lowest BCUT2D eigenvalue weighted by molar-refractivity contribution is 0.499. The van der Waals surface area contributed by atoms with Gasteiger partial charge < -0.3 is 9.73 Å². The summed E-state index contributed by atoms with van der Waals surface area (Å²) in [7, 11) is 0. The van der Waals surface area contributed by atoms with Gasteiger partial charge in [-0.3, -0.25) is 4.98 Å². The average Bonchev–Trinajstić information content (AvgIpc) is 2.83. The predicted molar refractivity (Wildman–Crippen MR) is 63.2 cm³/mol. The summed E-state index contributed by atoms with van der Waals surface area (Å²) in [6, 6.07) is 8.03. The van der Waals surface area contributed by atoms with Crippen LogP contribution in [0.4, 0.5) is 0 Å². The van der Waals surface area contributed by atoms with Crippen LogP contribution in [0, 0.1) is 0 Å². The molecule has 2 aromatic rings. The molecule has 3 nitrogen and oxygen atoms in total. The van der Waals surface area contributed by atoms with Crippen LogP contribution in [-0.4, -0.2) is 18.1 Å². The molecule has 0 aliphatic rings. The molecule has 0 bridgehead atoms. The molecule has 0 fully saturated rings. The zero-order chi connectivity index (χ0) is 11.1. The molecule has 0 saturated heterocycles. The fourth-order valence-electron chi connectivity index (χ4n) is 1.57. The standard InChI is InChI=1S/C13H16N2O/c1-2-13(16-11-1)6-10-15-9-5-12-3-7-14-8-4-12/h1-4,7-8,11,15H,5-6,9-10H2. The summed E-state index contributed by atoms with van der Waals surface area (Å²) in [5.74, 6) is 1.04. The molecule has 2 rings (SSSR count). The number of nitrogens with one attached hydrogen (secondary N) is 1. The largest absolute Gasteiger partial charge is 0.469 e. The van der Waals surface area contributed by atoms with Crippen LogP contribution in [0.25, 0.3) is 0 Å². The molecule has 84 valence electrons. The summed E-state index contributed by atoms with van der Waals surface area (Å²) >= 11 is 0. The molecule has 2 heterocycles. The second-order valence-electron chi connectivity index (χ2n) is 3.68. The van der Waals surface area contributed by atoms with Gasteiger partial charge in [-0.2, -0.15) is 0 Å². The normalized spacial score (nSPS) is 10.5. The number of hydrogen-bond acceptors (Lipinski definition) is 3. The Hall–Kier alpha value is -1.61. The van der Waals surface area contributed by atoms with E-state index in [-0.39, 0.29) is 0 Å². The van der Waals surface area contributed by atoms with Crippen LogP contribution in [0.2, 0.25) is 0 Å². The highest BCUT2D eigenvalue weighted by Crippen LogP contribution is 2.00. The lowest BCUT2D eigenvalue weighted by Crippen LogP contribution is -2.19. The molecule has 0 unspecified atom stereocenters. The van der Waals surface area contributed by atoms with Gasteiger partial charge in [-0.05, 0) is 42.8 Å². The Morgan fingerprint density at radius 3 is 2.62 bits per heavy atom. The van der Waals surface area contributed by atoms with E-state index in [1.54, 1.807) is 6.26 Å². The van der Waals surface area contributed by atoms with E-state index in [0.717, 1.165) is 31.7 Å². The van der Waals surface area contributed by atoms with E-state index in [4.69, 9.17) is 4.42 Å². The third-order valence-electron chi connectivity index (χ3n) is 2.47. The number of hydrogen-bond donors (Lipinski definition) is 1. The van der Waals surface area contributed by atoms with Gasteiger partial charge in [0.1, 0.15) is 5.76 Å². The van der Waals surface area contributed by atoms with Crippen LogP contribution in [0.1, 0.15) is 11.3 Å². The molecule has 0 aromatic carbocycles. The van der Waals surface area contributed by atoms with Gasteiger partial charge >= 0.3 is 0 Å². The van der Waals surface area contributed by atoms with Crippen molar-refractivity contribution in [1.82, 2.24) is 10.3 Å². The summed E-state index contributed by atoms with van der Waals surface area (Å²) in [5, 5.41) is 3.39. The van der Waals surface area contributed by atoms with Crippen molar-refractivity contribution in [3.8, 4) is 0 Å². The summed E-state index contributed by atoms with van der Waals surface area (Å²) < 4.78 is 5.25. The van der Waals surface area contributed by atoms with Gasteiger partial charge in [-0.15, -0.1) is 0 Å². The van der Waals surface area contributed by atoms with E-state index in [1.807, 2.05) is 36.7 Å². The van der Waals surface area contributed by atoms with Crippen LogP contribution in [-0.2, 0) is 12.8 Å². The number of aromatic nitrogens is 1. The van der Waals surface area contributed by atoms with Crippen molar-refractivity contribution in [3.63, 3.8) is 0 Å². The molecule has 0 aliphatic carbocycles. The molecular formula is C13H16N2O. The van der Waals surface area contributed by atoms with Crippen molar-refractivity contribution in [3.05, 3.63) is 54.2 Å². The molecule has 3 heteroatoms. The van der Waals surface area contributed by atoms with Gasteiger partial charge in [0.2, 0.25) is 0 Å². The first-order valence-electron chi connectivity index (χ1n) is 5.57. The van der Waals surface area contributed by atoms with Crippen molar-refractivity contribution in [2.45, 2.75) is 12.8 Å². The van der Waals surface area contributed by atoms with Crippen LogP contribution in [0.15, 0.2) is 47.3 Å². The van der Waals surface area contributed by atoms with E-state index < -0.39 is 0 Å². The van der Waals surface area contributed by atoms with Gasteiger partial charge in [0.05, 0.1) is 6.26 Å². The smallest absolute Gasteiger partial charge is 0.105 e. The fraction of sp³-hybridized carbons (Fsp3) is 0.308. The Morgan fingerprint density at radius 2 is 1.88 bits per heavy atom. The quantitative estimate of drug-likeness (QED) is 0.751. The molecule has 0 aliphatic heterocycles. The van der Waals surface area contributed by atoms with Crippen molar-refractivity contribution < 1.29 is 4.42 Å². The van der Waals surface area contributed by atoms with Crippen LogP contribution >= 0.6 is 0 Å². The summed E-state index contributed by atoms with van der Waals surface area (Å²) in [6.45, 7) is 1.95. The molecule has 16 heavy (non-hydrogen) atoms. The lowest BCUT2D eigenvalue weighted by atomic mass is 10.2. The summed E-state index contributed by atoms with van der Waals surface area (Å²) in [6.07, 6.45) is 7.37. The average molecular weight is 216 g/mol. The highest BCUT2D eigenvalue weighted by Gasteiger charge is 1.95. The molecule has 2 aromatic heterocycles. The Kier molecular flexibility index (Phi) is 4.14. The second kappa shape index (κ2) is 6.08. The molecular weight excluding hydrogens is 200 g/mol. The number of pyridine rings is 1. The Labute approximate surface area is 95.5 Å². The maximum atomic E-state index is 5.25. The van der Waals surface area contributed by atoms with E-state index >= 15 is 0 Å². The molecule has 0 saturated carbocycles. The second-order valence-corrected chi connectivity index (χ2v) is 3.68. The topological polar surface area (TPSA) is 38.1 Å². The monoisotopic (exact) mass is 216 g/mol. The SMILES string of the molecule is c1coc(CCNCCc2ccncc2)c1. The maximum Gasteiger partial charge on any atom is 0.105 e.